The number of carbonyl (C=O) groups is 8. The van der Waals surface area contributed by atoms with Gasteiger partial charge in [0.2, 0.25) is 35.4 Å². The van der Waals surface area contributed by atoms with Gasteiger partial charge in [-0.05, 0) is 110 Å². The molecular formula is C70H79N9O10. The van der Waals surface area contributed by atoms with Crippen molar-refractivity contribution in [1.82, 2.24) is 46.2 Å². The number of nitrogens with zero attached hydrogens (tertiary/aromatic N) is 4. The number of hydrogen-bond donors (Lipinski definition) is 5. The van der Waals surface area contributed by atoms with Crippen LogP contribution in [0.15, 0.2) is 170 Å². The fourth-order valence-electron chi connectivity index (χ4n) is 12.7. The van der Waals surface area contributed by atoms with Crippen molar-refractivity contribution >= 4 is 47.6 Å². The van der Waals surface area contributed by atoms with E-state index in [9.17, 15) is 38.4 Å². The maximum absolute atomic E-state index is 14.8. The highest BCUT2D eigenvalue weighted by atomic mass is 16.6. The van der Waals surface area contributed by atoms with E-state index in [1.807, 2.05) is 159 Å². The Kier molecular flexibility index (Phi) is 19.9. The molecule has 0 saturated carbocycles. The quantitative estimate of drug-likeness (QED) is 0.0589. The lowest BCUT2D eigenvalue weighted by Crippen LogP contribution is -2.62. The first kappa shape index (κ1) is 62.7. The summed E-state index contributed by atoms with van der Waals surface area (Å²) in [5, 5.41) is 15.1. The topological polar surface area (TPSA) is 228 Å². The third-order valence-corrected chi connectivity index (χ3v) is 18.0. The standard InChI is InChI=1S/C70H79N9O10/c1-6-60(80)72-56-43-76(41-39-52-31-37-58(78(52)66(56)84)64(82)74-61(46-19-11-7-12-20-46)47-21-13-8-14-22-47)68(86)88-54-33-27-50(28-34-54)70(3,4)51-29-35-55(36-30-51)89-69(87)77-42-40-53-32-38-59(79(53)67(85)57(44-77)73-63(81)45(2)71-5)65(83)75-62(48-23-15-9-16-24-48)49-25-17-10-18-26-49/h7-30,33-36,45,52-53,56-59,61-62,71H,6,31-32,37-44H2,1-5H3,(H,72,80)(H,73,81)(H,74,82)(H,75,83)/t45-,52+,53+,56-,57-,58?,59-/m0/s1. The molecule has 0 spiro atoms. The molecule has 8 amide bonds. The van der Waals surface area contributed by atoms with Crippen LogP contribution < -0.4 is 36.1 Å². The second kappa shape index (κ2) is 28.2. The van der Waals surface area contributed by atoms with E-state index in [0.717, 1.165) is 33.4 Å². The molecule has 0 aromatic heterocycles. The maximum atomic E-state index is 14.8. The fourth-order valence-corrected chi connectivity index (χ4v) is 12.7. The molecular weight excluding hydrogens is 1130 g/mol. The molecule has 4 saturated heterocycles. The molecule has 0 radical (unpaired) electrons. The monoisotopic (exact) mass is 1210 g/mol. The number of nitrogens with one attached hydrogen (secondary N) is 5. The molecule has 4 aliphatic heterocycles. The summed E-state index contributed by atoms with van der Waals surface area (Å²) >= 11 is 0. The van der Waals surface area contributed by atoms with Crippen LogP contribution in [0.4, 0.5) is 9.59 Å². The molecule has 4 fully saturated rings. The molecule has 5 N–H and O–H groups in total. The lowest BCUT2D eigenvalue weighted by molar-refractivity contribution is -0.145. The molecule has 4 heterocycles. The molecule has 6 aromatic carbocycles. The van der Waals surface area contributed by atoms with E-state index in [2.05, 4.69) is 26.6 Å². The van der Waals surface area contributed by atoms with Crippen molar-refractivity contribution in [3.05, 3.63) is 203 Å². The molecule has 4 aliphatic rings. The largest absolute Gasteiger partial charge is 0.415 e. The first-order valence-electron chi connectivity index (χ1n) is 30.9. The Morgan fingerprint density at radius 1 is 0.506 bits per heavy atom. The summed E-state index contributed by atoms with van der Waals surface area (Å²) in [4.78, 5) is 119. The van der Waals surface area contributed by atoms with Crippen molar-refractivity contribution in [2.45, 2.75) is 132 Å². The molecule has 89 heavy (non-hydrogen) atoms. The van der Waals surface area contributed by atoms with E-state index in [0.29, 0.717) is 38.5 Å². The number of carbonyl (C=O) groups excluding carboxylic acids is 8. The number of fused-ring (bicyclic) bond motifs is 2. The predicted octanol–water partition coefficient (Wildman–Crippen LogP) is 7.94. The summed E-state index contributed by atoms with van der Waals surface area (Å²) in [6, 6.07) is 46.7. The molecule has 1 unspecified atom stereocenters. The number of benzene rings is 6. The lowest BCUT2D eigenvalue weighted by Gasteiger charge is -2.38. The van der Waals surface area contributed by atoms with E-state index in [-0.39, 0.29) is 73.9 Å². The fraction of sp³-hybridized carbons (Fsp3) is 0.371. The average Bonchev–Trinajstić information content (AvgIpc) is 2.89. The second-order valence-corrected chi connectivity index (χ2v) is 23.9. The molecule has 0 aliphatic carbocycles. The second-order valence-electron chi connectivity index (χ2n) is 23.9. The summed E-state index contributed by atoms with van der Waals surface area (Å²) in [5.74, 6) is -1.75. The molecule has 19 heteroatoms. The summed E-state index contributed by atoms with van der Waals surface area (Å²) in [6.07, 6.45) is 1.40. The van der Waals surface area contributed by atoms with Gasteiger partial charge in [-0.1, -0.05) is 166 Å². The Bertz CT molecular complexity index is 3390. The van der Waals surface area contributed by atoms with E-state index in [4.69, 9.17) is 9.47 Å². The lowest BCUT2D eigenvalue weighted by atomic mass is 9.78. The van der Waals surface area contributed by atoms with Crippen molar-refractivity contribution in [2.75, 3.05) is 33.2 Å². The summed E-state index contributed by atoms with van der Waals surface area (Å²) in [7, 11) is 1.64. The molecule has 7 atom stereocenters. The van der Waals surface area contributed by atoms with Crippen LogP contribution in [0.2, 0.25) is 0 Å². The number of rotatable bonds is 17. The Balaban J connectivity index is 0.769. The summed E-state index contributed by atoms with van der Waals surface area (Å²) in [5.41, 5.74) is 4.77. The SMILES string of the molecule is CCC(=O)N[C@H]1CN(C(=O)Oc2ccc(C(C)(C)c3ccc(OC(=O)N4CC[C@H]5CC[C@@H](C(=O)NC(c6ccccc6)c6ccccc6)N5C(=O)[C@@H](NC(=O)[C@H](C)NC)C4)cc3)cc2)CC[C@H]2CCC(C(=O)NC(c3ccccc3)c3ccccc3)N2C1=O. The Morgan fingerprint density at radius 3 is 1.21 bits per heavy atom. The van der Waals surface area contributed by atoms with Gasteiger partial charge in [-0.15, -0.1) is 0 Å². The highest BCUT2D eigenvalue weighted by Crippen LogP contribution is 2.36. The van der Waals surface area contributed by atoms with Crippen molar-refractivity contribution in [1.29, 1.82) is 0 Å². The molecule has 10 rings (SSSR count). The Hall–Kier alpha value is -9.36. The van der Waals surface area contributed by atoms with Gasteiger partial charge in [-0.25, -0.2) is 9.59 Å². The van der Waals surface area contributed by atoms with Gasteiger partial charge in [-0.3, -0.25) is 28.8 Å². The Morgan fingerprint density at radius 2 is 0.865 bits per heavy atom. The van der Waals surface area contributed by atoms with Gasteiger partial charge >= 0.3 is 12.2 Å². The van der Waals surface area contributed by atoms with Gasteiger partial charge in [0.15, 0.2) is 0 Å². The van der Waals surface area contributed by atoms with Gasteiger partial charge < -0.3 is 55.7 Å². The smallest absolute Gasteiger partial charge is 0.410 e. The van der Waals surface area contributed by atoms with Crippen molar-refractivity contribution in [3.8, 4) is 11.5 Å². The maximum Gasteiger partial charge on any atom is 0.415 e. The third-order valence-electron chi connectivity index (χ3n) is 18.0. The molecule has 6 aromatic rings. The summed E-state index contributed by atoms with van der Waals surface area (Å²) < 4.78 is 11.9. The molecule has 19 nitrogen and oxygen atoms in total. The number of likely N-dealkylation sites (N-methyl/N-ethyl adjacent to an activating group) is 1. The van der Waals surface area contributed by atoms with E-state index >= 15 is 0 Å². The first-order chi connectivity index (χ1) is 43.0. The van der Waals surface area contributed by atoms with E-state index < -0.39 is 77.6 Å². The highest BCUT2D eigenvalue weighted by Gasteiger charge is 2.48. The first-order valence-corrected chi connectivity index (χ1v) is 30.9. The highest BCUT2D eigenvalue weighted by molar-refractivity contribution is 5.95. The molecule has 0 bridgehead atoms. The van der Waals surface area contributed by atoms with Gasteiger partial charge in [0.25, 0.3) is 0 Å². The normalized spacial score (nSPS) is 20.7. The minimum Gasteiger partial charge on any atom is -0.410 e. The minimum atomic E-state index is -1.18. The third kappa shape index (κ3) is 14.5. The van der Waals surface area contributed by atoms with Crippen LogP contribution >= 0.6 is 0 Å². The predicted molar refractivity (Wildman–Crippen MR) is 335 cm³/mol. The van der Waals surface area contributed by atoms with Crippen molar-refractivity contribution in [3.63, 3.8) is 0 Å². The van der Waals surface area contributed by atoms with Crippen LogP contribution in [0.3, 0.4) is 0 Å². The zero-order valence-electron chi connectivity index (χ0n) is 51.0. The van der Waals surface area contributed by atoms with Gasteiger partial charge in [0, 0.05) is 37.0 Å². The van der Waals surface area contributed by atoms with Gasteiger partial charge in [-0.2, -0.15) is 0 Å². The van der Waals surface area contributed by atoms with Crippen LogP contribution in [0, 0.1) is 0 Å². The van der Waals surface area contributed by atoms with E-state index in [1.54, 1.807) is 55.0 Å². The zero-order valence-corrected chi connectivity index (χ0v) is 51.0. The van der Waals surface area contributed by atoms with Crippen LogP contribution in [0.5, 0.6) is 11.5 Å². The molecule has 464 valence electrons. The number of hydrogen-bond acceptors (Lipinski definition) is 11. The Labute approximate surface area is 519 Å². The van der Waals surface area contributed by atoms with E-state index in [1.165, 1.54) is 9.80 Å². The average molecular weight is 1210 g/mol. The van der Waals surface area contributed by atoms with Crippen LogP contribution in [-0.2, 0) is 34.2 Å². The minimum absolute atomic E-state index is 0.111. The summed E-state index contributed by atoms with van der Waals surface area (Å²) in [6.45, 7) is 7.49. The number of amides is 8. The van der Waals surface area contributed by atoms with Gasteiger partial charge in [0.05, 0.1) is 31.2 Å². The van der Waals surface area contributed by atoms with Crippen molar-refractivity contribution in [2.24, 2.45) is 0 Å². The van der Waals surface area contributed by atoms with Crippen LogP contribution in [0.1, 0.15) is 118 Å². The van der Waals surface area contributed by atoms with Crippen LogP contribution in [0.25, 0.3) is 0 Å². The number of ether oxygens (including phenoxy) is 2. The van der Waals surface area contributed by atoms with Gasteiger partial charge in [0.1, 0.15) is 35.7 Å². The van der Waals surface area contributed by atoms with Crippen molar-refractivity contribution < 1.29 is 47.8 Å². The van der Waals surface area contributed by atoms with Crippen LogP contribution in [-0.4, -0.2) is 143 Å². The zero-order chi connectivity index (χ0) is 62.8.